The van der Waals surface area contributed by atoms with Crippen molar-refractivity contribution in [2.45, 2.75) is 18.5 Å². The van der Waals surface area contributed by atoms with Crippen LogP contribution >= 0.6 is 0 Å². The van der Waals surface area contributed by atoms with E-state index in [1.54, 1.807) is 0 Å². The second kappa shape index (κ2) is 8.05. The first-order chi connectivity index (χ1) is 15.6. The molecule has 4 aromatic rings. The van der Waals surface area contributed by atoms with Crippen molar-refractivity contribution in [1.82, 2.24) is 4.98 Å². The van der Waals surface area contributed by atoms with Gasteiger partial charge in [-0.25, -0.2) is 0 Å². The molecule has 1 aliphatic heterocycles. The highest BCUT2D eigenvalue weighted by Gasteiger charge is 2.44. The molecular weight excluding hydrogens is 412 g/mol. The Labute approximate surface area is 184 Å². The Morgan fingerprint density at radius 2 is 1.19 bits per heavy atom. The largest absolute Gasteiger partial charge is 0.586 e. The van der Waals surface area contributed by atoms with Crippen molar-refractivity contribution < 1.29 is 23.0 Å². The molecule has 5 rings (SSSR count). The van der Waals surface area contributed by atoms with E-state index in [9.17, 15) is 8.78 Å². The maximum atomic E-state index is 13.4. The lowest BCUT2D eigenvalue weighted by molar-refractivity contribution is -0.286. The quantitative estimate of drug-likeness (QED) is 0.356. The fourth-order valence-corrected chi connectivity index (χ4v) is 3.93. The number of halogens is 2. The van der Waals surface area contributed by atoms with Gasteiger partial charge in [0.25, 0.3) is 0 Å². The van der Waals surface area contributed by atoms with E-state index in [4.69, 9.17) is 4.74 Å². The highest BCUT2D eigenvalue weighted by Crippen LogP contribution is 2.43. The molecule has 0 saturated heterocycles. The average molecular weight is 431 g/mol. The van der Waals surface area contributed by atoms with Crippen LogP contribution in [0.2, 0.25) is 0 Å². The molecule has 4 nitrogen and oxygen atoms in total. The van der Waals surface area contributed by atoms with Gasteiger partial charge in [0.2, 0.25) is 0 Å². The predicted octanol–water partition coefficient (Wildman–Crippen LogP) is 5.91. The Balaban J connectivity index is 1.58. The minimum atomic E-state index is -3.69. The van der Waals surface area contributed by atoms with E-state index in [0.29, 0.717) is 5.69 Å². The minimum absolute atomic E-state index is 0.0564. The molecule has 0 spiro atoms. The second-order valence-corrected chi connectivity index (χ2v) is 7.36. The summed E-state index contributed by atoms with van der Waals surface area (Å²) in [4.78, 5) is 4.24. The molecule has 0 atom stereocenters. The van der Waals surface area contributed by atoms with Crippen LogP contribution in [0.15, 0.2) is 103 Å². The van der Waals surface area contributed by atoms with Crippen molar-refractivity contribution in [2.75, 3.05) is 0 Å². The molecule has 0 saturated carbocycles. The fraction of sp³-hybridized carbons (Fsp3) is 0.115. The van der Waals surface area contributed by atoms with Crippen LogP contribution in [-0.4, -0.2) is 11.3 Å². The van der Waals surface area contributed by atoms with Gasteiger partial charge in [0.1, 0.15) is 5.60 Å². The van der Waals surface area contributed by atoms with Crippen LogP contribution in [0, 0.1) is 0 Å². The number of hydrogen-bond acceptors (Lipinski definition) is 4. The minimum Gasteiger partial charge on any atom is -0.395 e. The molecular formula is C26H19F2NO3. The Morgan fingerprint density at radius 3 is 1.69 bits per heavy atom. The normalized spacial score (nSPS) is 14.3. The number of nitrogens with zero attached hydrogens (tertiary/aromatic N) is 1. The zero-order chi connectivity index (χ0) is 22.0. The van der Waals surface area contributed by atoms with E-state index in [0.717, 1.165) is 16.7 Å². The molecule has 1 aliphatic rings. The number of rotatable bonds is 6. The number of hydrogen-bond donors (Lipinski definition) is 0. The molecule has 3 aromatic carbocycles. The molecule has 0 N–H and O–H groups in total. The topological polar surface area (TPSA) is 40.6 Å². The van der Waals surface area contributed by atoms with Crippen molar-refractivity contribution >= 4 is 0 Å². The number of aromatic nitrogens is 1. The van der Waals surface area contributed by atoms with Crippen molar-refractivity contribution in [2.24, 2.45) is 0 Å². The summed E-state index contributed by atoms with van der Waals surface area (Å²) in [6, 6.07) is 31.1. The molecule has 6 heteroatoms. The molecule has 32 heavy (non-hydrogen) atoms. The van der Waals surface area contributed by atoms with Crippen LogP contribution in [0.5, 0.6) is 11.5 Å². The van der Waals surface area contributed by atoms with Gasteiger partial charge < -0.3 is 14.2 Å². The smallest absolute Gasteiger partial charge is 0.395 e. The molecule has 160 valence electrons. The summed E-state index contributed by atoms with van der Waals surface area (Å²) in [7, 11) is 0. The number of ether oxygens (including phenoxy) is 3. The molecule has 0 aliphatic carbocycles. The van der Waals surface area contributed by atoms with Crippen molar-refractivity contribution in [3.63, 3.8) is 0 Å². The number of benzene rings is 3. The molecule has 0 unspecified atom stereocenters. The molecule has 2 heterocycles. The number of alkyl halides is 2. The van der Waals surface area contributed by atoms with Crippen molar-refractivity contribution in [3.8, 4) is 11.5 Å². The van der Waals surface area contributed by atoms with Gasteiger partial charge in [-0.1, -0.05) is 91.0 Å². The first-order valence-corrected chi connectivity index (χ1v) is 10.1. The molecule has 0 fully saturated rings. The number of fused-ring (bicyclic) bond motifs is 1. The second-order valence-electron chi connectivity index (χ2n) is 7.36. The first-order valence-electron chi connectivity index (χ1n) is 10.1. The van der Waals surface area contributed by atoms with Crippen LogP contribution in [0.1, 0.15) is 22.4 Å². The SMILES string of the molecule is FC1(F)Oc2cnc(COC(c3ccccc3)(c3ccccc3)c3ccccc3)cc2O1. The maximum Gasteiger partial charge on any atom is 0.586 e. The zero-order valence-corrected chi connectivity index (χ0v) is 16.9. The molecule has 1 aromatic heterocycles. The van der Waals surface area contributed by atoms with Crippen LogP contribution in [0.3, 0.4) is 0 Å². The summed E-state index contributed by atoms with van der Waals surface area (Å²) >= 11 is 0. The Hall–Kier alpha value is -3.77. The van der Waals surface area contributed by atoms with Gasteiger partial charge in [0.15, 0.2) is 11.5 Å². The number of pyridine rings is 1. The van der Waals surface area contributed by atoms with E-state index in [1.165, 1.54) is 12.3 Å². The van der Waals surface area contributed by atoms with Crippen LogP contribution in [-0.2, 0) is 16.9 Å². The van der Waals surface area contributed by atoms with Gasteiger partial charge in [0.05, 0.1) is 18.5 Å². The third kappa shape index (κ3) is 3.69. The first kappa shape index (κ1) is 20.2. The predicted molar refractivity (Wildman–Crippen MR) is 114 cm³/mol. The summed E-state index contributed by atoms with van der Waals surface area (Å²) in [5.41, 5.74) is 2.31. The van der Waals surface area contributed by atoms with Gasteiger partial charge in [-0.05, 0) is 16.7 Å². The highest BCUT2D eigenvalue weighted by atomic mass is 19.3. The lowest BCUT2D eigenvalue weighted by Crippen LogP contribution is -2.32. The summed E-state index contributed by atoms with van der Waals surface area (Å²) in [5.74, 6) is -0.160. The monoisotopic (exact) mass is 431 g/mol. The maximum absolute atomic E-state index is 13.4. The third-order valence-electron chi connectivity index (χ3n) is 5.32. The van der Waals surface area contributed by atoms with Gasteiger partial charge in [-0.15, -0.1) is 8.78 Å². The lowest BCUT2D eigenvalue weighted by Gasteiger charge is -2.35. The van der Waals surface area contributed by atoms with Gasteiger partial charge >= 0.3 is 6.29 Å². The van der Waals surface area contributed by atoms with Gasteiger partial charge in [-0.3, -0.25) is 4.98 Å². The molecule has 0 radical (unpaired) electrons. The summed E-state index contributed by atoms with van der Waals surface area (Å²) in [5, 5.41) is 0. The Morgan fingerprint density at radius 1 is 0.719 bits per heavy atom. The van der Waals surface area contributed by atoms with E-state index < -0.39 is 11.9 Å². The van der Waals surface area contributed by atoms with Crippen molar-refractivity contribution in [3.05, 3.63) is 126 Å². The van der Waals surface area contributed by atoms with Crippen LogP contribution in [0.25, 0.3) is 0 Å². The van der Waals surface area contributed by atoms with Crippen LogP contribution in [0.4, 0.5) is 8.78 Å². The van der Waals surface area contributed by atoms with E-state index in [2.05, 4.69) is 14.5 Å². The summed E-state index contributed by atoms with van der Waals surface area (Å²) in [6.45, 7) is 0.0564. The van der Waals surface area contributed by atoms with Crippen molar-refractivity contribution in [1.29, 1.82) is 0 Å². The lowest BCUT2D eigenvalue weighted by atomic mass is 9.80. The standard InChI is InChI=1S/C26H19F2NO3/c27-26(28)31-23-16-22(29-17-24(23)32-26)18-30-25(19-10-4-1-5-11-19,20-12-6-2-7-13-20)21-14-8-3-9-15-21/h1-17H,18H2. The Bertz CT molecular complexity index is 1110. The summed E-state index contributed by atoms with van der Waals surface area (Å²) < 4.78 is 42.5. The van der Waals surface area contributed by atoms with Gasteiger partial charge in [-0.2, -0.15) is 0 Å². The van der Waals surface area contributed by atoms with E-state index in [-0.39, 0.29) is 18.1 Å². The summed E-state index contributed by atoms with van der Waals surface area (Å²) in [6.07, 6.45) is -2.46. The van der Waals surface area contributed by atoms with E-state index in [1.807, 2.05) is 91.0 Å². The highest BCUT2D eigenvalue weighted by molar-refractivity contribution is 5.47. The fourth-order valence-electron chi connectivity index (χ4n) is 3.93. The molecule has 0 amide bonds. The zero-order valence-electron chi connectivity index (χ0n) is 16.9. The van der Waals surface area contributed by atoms with E-state index >= 15 is 0 Å². The Kier molecular flexibility index (Phi) is 5.07. The third-order valence-corrected chi connectivity index (χ3v) is 5.32. The van der Waals surface area contributed by atoms with Crippen LogP contribution < -0.4 is 9.47 Å². The van der Waals surface area contributed by atoms with Gasteiger partial charge in [0, 0.05) is 6.07 Å². The average Bonchev–Trinajstić information content (AvgIpc) is 3.15. The molecule has 0 bridgehead atoms.